The van der Waals surface area contributed by atoms with Crippen molar-refractivity contribution in [2.75, 3.05) is 7.11 Å². The summed E-state index contributed by atoms with van der Waals surface area (Å²) in [5.74, 6) is 0.274. The van der Waals surface area contributed by atoms with Gasteiger partial charge in [0.25, 0.3) is 5.91 Å². The second-order valence-corrected chi connectivity index (χ2v) is 9.53. The van der Waals surface area contributed by atoms with Crippen molar-refractivity contribution in [3.63, 3.8) is 0 Å². The van der Waals surface area contributed by atoms with Crippen LogP contribution in [0.15, 0.2) is 97.3 Å². The molecule has 5 nitrogen and oxygen atoms in total. The summed E-state index contributed by atoms with van der Waals surface area (Å²) in [6.07, 6.45) is 5.49. The lowest BCUT2D eigenvalue weighted by molar-refractivity contribution is 0.0963. The van der Waals surface area contributed by atoms with Crippen molar-refractivity contribution in [1.29, 1.82) is 0 Å². The number of para-hydroxylation sites is 1. The zero-order valence-electron chi connectivity index (χ0n) is 22.3. The number of carbonyl (C=O) groups is 1. The van der Waals surface area contributed by atoms with E-state index in [2.05, 4.69) is 38.1 Å². The summed E-state index contributed by atoms with van der Waals surface area (Å²) in [7, 11) is 1.59. The first-order chi connectivity index (χ1) is 19.1. The van der Waals surface area contributed by atoms with Crippen LogP contribution in [-0.4, -0.2) is 27.6 Å². The van der Waals surface area contributed by atoms with Crippen LogP contribution >= 0.6 is 0 Å². The molecule has 0 saturated carbocycles. The highest BCUT2D eigenvalue weighted by atomic mass is 16.5. The third-order valence-corrected chi connectivity index (χ3v) is 7.36. The number of pyridine rings is 2. The molecule has 6 aromatic rings. The number of carbonyl (C=O) groups excluding carboxylic acids is 1. The molecule has 39 heavy (non-hydrogen) atoms. The van der Waals surface area contributed by atoms with Crippen LogP contribution in [0.1, 0.15) is 35.3 Å². The number of fused-ring (bicyclic) bond motifs is 2. The minimum atomic E-state index is -0.185. The average Bonchev–Trinajstić information content (AvgIpc) is 3.43. The van der Waals surface area contributed by atoms with Gasteiger partial charge in [0.2, 0.25) is 0 Å². The van der Waals surface area contributed by atoms with Gasteiger partial charge in [0.05, 0.1) is 35.6 Å². The number of nitrogens with zero attached hydrogens (tertiary/aromatic N) is 3. The van der Waals surface area contributed by atoms with E-state index in [4.69, 9.17) is 14.7 Å². The highest BCUT2D eigenvalue weighted by molar-refractivity contribution is 6.13. The van der Waals surface area contributed by atoms with Crippen LogP contribution in [0.3, 0.4) is 0 Å². The van der Waals surface area contributed by atoms with E-state index in [9.17, 15) is 4.79 Å². The Hall–Kier alpha value is -4.77. The topological polar surface area (TPSA) is 57.0 Å². The molecule has 5 heteroatoms. The predicted octanol–water partition coefficient (Wildman–Crippen LogP) is 7.74. The Bertz CT molecular complexity index is 1810. The van der Waals surface area contributed by atoms with Gasteiger partial charge in [-0.15, -0.1) is 0 Å². The second kappa shape index (κ2) is 10.2. The summed E-state index contributed by atoms with van der Waals surface area (Å²) >= 11 is 0. The molecule has 0 aliphatic rings. The quantitative estimate of drug-likeness (QED) is 0.229. The molecule has 0 amide bonds. The van der Waals surface area contributed by atoms with Crippen LogP contribution in [0.2, 0.25) is 0 Å². The van der Waals surface area contributed by atoms with Gasteiger partial charge in [0.15, 0.2) is 5.75 Å². The van der Waals surface area contributed by atoms with Gasteiger partial charge in [-0.3, -0.25) is 14.3 Å². The monoisotopic (exact) mass is 511 g/mol. The lowest BCUT2D eigenvalue weighted by atomic mass is 9.94. The molecule has 0 unspecified atom stereocenters. The van der Waals surface area contributed by atoms with Crippen LogP contribution in [0.5, 0.6) is 5.75 Å². The van der Waals surface area contributed by atoms with Gasteiger partial charge in [-0.2, -0.15) is 0 Å². The van der Waals surface area contributed by atoms with E-state index in [1.54, 1.807) is 11.7 Å². The van der Waals surface area contributed by atoms with Gasteiger partial charge < -0.3 is 4.74 Å². The van der Waals surface area contributed by atoms with Crippen LogP contribution in [0, 0.1) is 0 Å². The maximum Gasteiger partial charge on any atom is 0.266 e. The normalized spacial score (nSPS) is 11.3. The molecule has 0 spiro atoms. The van der Waals surface area contributed by atoms with E-state index in [-0.39, 0.29) is 5.91 Å². The third kappa shape index (κ3) is 4.16. The molecule has 3 aromatic heterocycles. The van der Waals surface area contributed by atoms with Crippen molar-refractivity contribution < 1.29 is 9.53 Å². The van der Waals surface area contributed by atoms with Gasteiger partial charge >= 0.3 is 0 Å². The number of benzene rings is 3. The van der Waals surface area contributed by atoms with Crippen LogP contribution in [0.4, 0.5) is 0 Å². The molecular weight excluding hydrogens is 482 g/mol. The van der Waals surface area contributed by atoms with E-state index in [1.807, 2.05) is 73.1 Å². The molecule has 6 rings (SSSR count). The summed E-state index contributed by atoms with van der Waals surface area (Å²) in [6.45, 7) is 4.34. The van der Waals surface area contributed by atoms with Crippen molar-refractivity contribution in [3.8, 4) is 28.3 Å². The molecule has 3 heterocycles. The molecule has 3 aromatic carbocycles. The highest BCUT2D eigenvalue weighted by Gasteiger charge is 2.25. The largest absolute Gasteiger partial charge is 0.494 e. The van der Waals surface area contributed by atoms with E-state index >= 15 is 0 Å². The number of hydrogen-bond donors (Lipinski definition) is 0. The van der Waals surface area contributed by atoms with Crippen molar-refractivity contribution >= 4 is 27.7 Å². The minimum Gasteiger partial charge on any atom is -0.494 e. The summed E-state index contributed by atoms with van der Waals surface area (Å²) < 4.78 is 7.55. The van der Waals surface area contributed by atoms with E-state index < -0.39 is 0 Å². The molecule has 0 saturated heterocycles. The first kappa shape index (κ1) is 24.6. The van der Waals surface area contributed by atoms with Crippen molar-refractivity contribution in [2.45, 2.75) is 26.7 Å². The average molecular weight is 512 g/mol. The number of rotatable bonds is 6. The third-order valence-electron chi connectivity index (χ3n) is 7.36. The molecule has 192 valence electrons. The fourth-order valence-corrected chi connectivity index (χ4v) is 5.44. The van der Waals surface area contributed by atoms with Crippen molar-refractivity contribution in [1.82, 2.24) is 14.5 Å². The van der Waals surface area contributed by atoms with Crippen molar-refractivity contribution in [3.05, 3.63) is 114 Å². The second-order valence-electron chi connectivity index (χ2n) is 9.53. The number of aryl methyl sites for hydroxylation is 2. The Labute approximate surface area is 227 Å². The molecule has 0 aliphatic carbocycles. The number of ether oxygens (including phenoxy) is 1. The molecule has 0 N–H and O–H groups in total. The van der Waals surface area contributed by atoms with Gasteiger partial charge in [0.1, 0.15) is 5.69 Å². The van der Waals surface area contributed by atoms with Crippen molar-refractivity contribution in [2.24, 2.45) is 0 Å². The van der Waals surface area contributed by atoms with Crippen LogP contribution in [-0.2, 0) is 12.8 Å². The highest BCUT2D eigenvalue weighted by Crippen LogP contribution is 2.37. The van der Waals surface area contributed by atoms with Crippen LogP contribution in [0.25, 0.3) is 44.3 Å². The summed E-state index contributed by atoms with van der Waals surface area (Å²) in [5.41, 5.74) is 8.17. The fourth-order valence-electron chi connectivity index (χ4n) is 5.44. The minimum absolute atomic E-state index is 0.185. The molecular formula is C34H29N3O2. The molecule has 0 bridgehead atoms. The fraction of sp³-hybridized carbons (Fsp3) is 0.147. The lowest BCUT2D eigenvalue weighted by Gasteiger charge is -2.16. The SMILES string of the molecule is CCc1cccc(CC)c1-c1cc2ccn(C(=O)c3c(OC)c(-c4ccccc4)nc4ccccc34)c2cn1. The van der Waals surface area contributed by atoms with E-state index in [0.29, 0.717) is 17.0 Å². The first-order valence-corrected chi connectivity index (χ1v) is 13.3. The maximum absolute atomic E-state index is 14.3. The van der Waals surface area contributed by atoms with Gasteiger partial charge in [-0.05, 0) is 42.2 Å². The Morgan fingerprint density at radius 1 is 0.872 bits per heavy atom. The molecule has 0 radical (unpaired) electrons. The zero-order valence-corrected chi connectivity index (χ0v) is 22.3. The Morgan fingerprint density at radius 2 is 1.59 bits per heavy atom. The number of methoxy groups -OCH3 is 1. The molecule has 0 aliphatic heterocycles. The summed E-state index contributed by atoms with van der Waals surface area (Å²) in [6, 6.07) is 28.0. The maximum atomic E-state index is 14.3. The van der Waals surface area contributed by atoms with Gasteiger partial charge in [-0.1, -0.05) is 80.6 Å². The summed E-state index contributed by atoms with van der Waals surface area (Å²) in [4.78, 5) is 24.0. The van der Waals surface area contributed by atoms with Crippen LogP contribution < -0.4 is 4.74 Å². The first-order valence-electron chi connectivity index (χ1n) is 13.3. The number of hydrogen-bond acceptors (Lipinski definition) is 4. The Balaban J connectivity index is 1.53. The Morgan fingerprint density at radius 3 is 2.31 bits per heavy atom. The zero-order chi connectivity index (χ0) is 26.9. The smallest absolute Gasteiger partial charge is 0.266 e. The number of aromatic nitrogens is 3. The van der Waals surface area contributed by atoms with Gasteiger partial charge in [-0.25, -0.2) is 4.98 Å². The molecule has 0 fully saturated rings. The molecule has 0 atom stereocenters. The van der Waals surface area contributed by atoms with E-state index in [1.165, 1.54) is 16.7 Å². The van der Waals surface area contributed by atoms with Gasteiger partial charge in [0, 0.05) is 28.1 Å². The van der Waals surface area contributed by atoms with E-state index in [0.717, 1.165) is 45.9 Å². The predicted molar refractivity (Wildman–Crippen MR) is 157 cm³/mol. The Kier molecular flexibility index (Phi) is 6.41. The summed E-state index contributed by atoms with van der Waals surface area (Å²) in [5, 5.41) is 1.71. The standard InChI is InChI=1S/C34H29N3O2/c1-4-22-14-11-15-23(5-2)30(22)28-20-25-18-19-37(29(25)21-35-28)34(38)31-26-16-9-10-17-27(26)36-32(33(31)39-3)24-12-7-6-8-13-24/h6-21H,4-5H2,1-3H3. The lowest BCUT2D eigenvalue weighted by Crippen LogP contribution is -2.14.